The second-order valence-corrected chi connectivity index (χ2v) is 8.39. The maximum atomic E-state index is 12.8. The van der Waals surface area contributed by atoms with Gasteiger partial charge in [0, 0.05) is 30.7 Å². The normalized spacial score (nSPS) is 10.9. The molecule has 2 amide bonds. The lowest BCUT2D eigenvalue weighted by Gasteiger charge is -2.21. The maximum Gasteiger partial charge on any atom is 0.262 e. The Morgan fingerprint density at radius 1 is 1.06 bits per heavy atom. The van der Waals surface area contributed by atoms with E-state index in [1.54, 1.807) is 28.8 Å². The fourth-order valence-corrected chi connectivity index (χ4v) is 4.07. The molecular weight excluding hydrogens is 442 g/mol. The number of pyridine rings is 1. The Labute approximate surface area is 204 Å². The summed E-state index contributed by atoms with van der Waals surface area (Å²) in [7, 11) is 1.80. The molecule has 2 aromatic carbocycles. The number of carbonyl (C=O) groups excluding carboxylic acids is 2. The second kappa shape index (κ2) is 10.4. The number of benzene rings is 2. The van der Waals surface area contributed by atoms with Gasteiger partial charge in [-0.25, -0.2) is 9.67 Å². The van der Waals surface area contributed by atoms with Crippen LogP contribution in [-0.2, 0) is 23.1 Å². The number of para-hydroxylation sites is 1. The monoisotopic (exact) mass is 471 g/mol. The highest BCUT2D eigenvalue weighted by Gasteiger charge is 2.16. The molecule has 0 aliphatic carbocycles. The quantitative estimate of drug-likeness (QED) is 0.416. The second-order valence-electron chi connectivity index (χ2n) is 8.39. The minimum atomic E-state index is -0.299. The number of nitrogens with zero attached hydrogens (tertiary/aromatic N) is 4. The Bertz CT molecular complexity index is 1350. The number of nitrogens with one attached hydrogen (secondary N) is 1. The summed E-state index contributed by atoms with van der Waals surface area (Å²) in [6, 6.07) is 18.8. The first-order chi connectivity index (χ1) is 16.9. The van der Waals surface area contributed by atoms with Gasteiger partial charge in [-0.1, -0.05) is 30.3 Å². The third kappa shape index (κ3) is 5.48. The number of anilines is 2. The summed E-state index contributed by atoms with van der Waals surface area (Å²) in [6.07, 6.45) is 0.277. The fraction of sp³-hybridized carbons (Fsp3) is 0.259. The van der Waals surface area contributed by atoms with E-state index in [0.717, 1.165) is 33.5 Å². The Hall–Kier alpha value is -4.20. The number of rotatable bonds is 8. The molecule has 0 radical (unpaired) electrons. The molecule has 0 spiro atoms. The van der Waals surface area contributed by atoms with Crippen LogP contribution in [0.5, 0.6) is 5.88 Å². The third-order valence-corrected chi connectivity index (χ3v) is 5.70. The lowest BCUT2D eigenvalue weighted by Crippen LogP contribution is -2.31. The Morgan fingerprint density at radius 3 is 2.46 bits per heavy atom. The van der Waals surface area contributed by atoms with Gasteiger partial charge in [0.15, 0.2) is 12.3 Å². The Kier molecular flexibility index (Phi) is 7.10. The van der Waals surface area contributed by atoms with Crippen molar-refractivity contribution in [3.05, 3.63) is 77.5 Å². The summed E-state index contributed by atoms with van der Waals surface area (Å²) in [6.45, 7) is 6.27. The molecule has 0 saturated heterocycles. The van der Waals surface area contributed by atoms with E-state index in [9.17, 15) is 9.59 Å². The average molecular weight is 472 g/mol. The van der Waals surface area contributed by atoms with Gasteiger partial charge in [-0.2, -0.15) is 0 Å². The molecule has 4 aromatic rings. The lowest BCUT2D eigenvalue weighted by molar-refractivity contribution is -0.118. The minimum Gasteiger partial charge on any atom is -0.466 e. The van der Waals surface area contributed by atoms with Gasteiger partial charge in [0.2, 0.25) is 11.8 Å². The number of hydrogen-bond acceptors (Lipinski definition) is 5. The molecule has 8 nitrogen and oxygen atoms in total. The number of ether oxygens (including phenoxy) is 1. The lowest BCUT2D eigenvalue weighted by atomic mass is 10.1. The molecule has 0 aliphatic heterocycles. The highest BCUT2D eigenvalue weighted by molar-refractivity contribution is 5.95. The van der Waals surface area contributed by atoms with E-state index in [2.05, 4.69) is 15.4 Å². The highest BCUT2D eigenvalue weighted by Crippen LogP contribution is 2.27. The number of carbonyl (C=O) groups is 2. The Morgan fingerprint density at radius 2 is 1.77 bits per heavy atom. The number of fused-ring (bicyclic) bond motifs is 1. The van der Waals surface area contributed by atoms with Crippen molar-refractivity contribution < 1.29 is 14.3 Å². The highest BCUT2D eigenvalue weighted by atomic mass is 16.5. The fourth-order valence-electron chi connectivity index (χ4n) is 4.07. The molecular formula is C27H29N5O3. The average Bonchev–Trinajstić information content (AvgIpc) is 3.15. The van der Waals surface area contributed by atoms with Gasteiger partial charge < -0.3 is 15.0 Å². The number of aromatic nitrogens is 3. The van der Waals surface area contributed by atoms with Gasteiger partial charge in [-0.05, 0) is 62.2 Å². The van der Waals surface area contributed by atoms with Crippen LogP contribution in [0.1, 0.15) is 23.7 Å². The largest absolute Gasteiger partial charge is 0.466 e. The van der Waals surface area contributed by atoms with Crippen LogP contribution in [0.4, 0.5) is 11.4 Å². The van der Waals surface area contributed by atoms with Crippen LogP contribution in [0.15, 0.2) is 60.7 Å². The summed E-state index contributed by atoms with van der Waals surface area (Å²) in [5, 5.41) is 7.99. The van der Waals surface area contributed by atoms with Crippen LogP contribution >= 0.6 is 0 Å². The number of aryl methyl sites for hydroxylation is 3. The summed E-state index contributed by atoms with van der Waals surface area (Å²) in [5.74, 6) is 0.105. The van der Waals surface area contributed by atoms with E-state index in [-0.39, 0.29) is 24.8 Å². The smallest absolute Gasteiger partial charge is 0.262 e. The van der Waals surface area contributed by atoms with Crippen molar-refractivity contribution in [1.82, 2.24) is 14.8 Å². The van der Waals surface area contributed by atoms with E-state index in [0.29, 0.717) is 18.1 Å². The van der Waals surface area contributed by atoms with Crippen molar-refractivity contribution in [3.63, 3.8) is 0 Å². The first-order valence-corrected chi connectivity index (χ1v) is 11.5. The van der Waals surface area contributed by atoms with Gasteiger partial charge in [0.05, 0.1) is 11.8 Å². The SMILES string of the molecule is CCN(C(=O)Cc1ccc(NC(=O)COc2nn(C)c3nc(C)cc(C)c23)cc1)c1ccccc1. The number of amides is 2. The van der Waals surface area contributed by atoms with E-state index in [1.807, 2.05) is 69.3 Å². The molecule has 4 rings (SSSR count). The standard InChI is InChI=1S/C27H29N5O3/c1-5-32(22-9-7-6-8-10-22)24(34)16-20-11-13-21(14-12-20)29-23(33)17-35-27-25-18(2)15-19(3)28-26(25)31(4)30-27/h6-15H,5,16-17H2,1-4H3,(H,29,33). The van der Waals surface area contributed by atoms with Crippen LogP contribution in [0.2, 0.25) is 0 Å². The zero-order valence-corrected chi connectivity index (χ0v) is 20.4. The summed E-state index contributed by atoms with van der Waals surface area (Å²) in [4.78, 5) is 31.5. The van der Waals surface area contributed by atoms with Crippen LogP contribution in [0.3, 0.4) is 0 Å². The van der Waals surface area contributed by atoms with Crippen molar-refractivity contribution in [2.24, 2.45) is 7.05 Å². The zero-order chi connectivity index (χ0) is 24.9. The van der Waals surface area contributed by atoms with E-state index in [4.69, 9.17) is 4.74 Å². The molecule has 2 aromatic heterocycles. The van der Waals surface area contributed by atoms with Crippen molar-refractivity contribution in [1.29, 1.82) is 0 Å². The van der Waals surface area contributed by atoms with Gasteiger partial charge in [0.25, 0.3) is 5.91 Å². The van der Waals surface area contributed by atoms with Crippen molar-refractivity contribution in [3.8, 4) is 5.88 Å². The predicted octanol–water partition coefficient (Wildman–Crippen LogP) is 4.20. The number of likely N-dealkylation sites (N-methyl/N-ethyl adjacent to an activating group) is 1. The maximum absolute atomic E-state index is 12.8. The van der Waals surface area contributed by atoms with Crippen molar-refractivity contribution >= 4 is 34.2 Å². The molecule has 1 N–H and O–H groups in total. The van der Waals surface area contributed by atoms with Crippen molar-refractivity contribution in [2.45, 2.75) is 27.2 Å². The van der Waals surface area contributed by atoms with Crippen LogP contribution in [0, 0.1) is 13.8 Å². The zero-order valence-electron chi connectivity index (χ0n) is 20.4. The van der Waals surface area contributed by atoms with E-state index >= 15 is 0 Å². The molecule has 35 heavy (non-hydrogen) atoms. The first kappa shape index (κ1) is 23.9. The van der Waals surface area contributed by atoms with E-state index in [1.165, 1.54) is 0 Å². The molecule has 180 valence electrons. The topological polar surface area (TPSA) is 89.4 Å². The van der Waals surface area contributed by atoms with Gasteiger partial charge in [-0.15, -0.1) is 5.10 Å². The van der Waals surface area contributed by atoms with Crippen LogP contribution in [-0.4, -0.2) is 39.7 Å². The first-order valence-electron chi connectivity index (χ1n) is 11.5. The molecule has 0 aliphatic rings. The summed E-state index contributed by atoms with van der Waals surface area (Å²) in [5.41, 5.74) is 4.99. The Balaban J connectivity index is 1.35. The van der Waals surface area contributed by atoms with Crippen LogP contribution < -0.4 is 15.0 Å². The molecule has 0 atom stereocenters. The molecule has 2 heterocycles. The van der Waals surface area contributed by atoms with Gasteiger partial charge >= 0.3 is 0 Å². The van der Waals surface area contributed by atoms with Gasteiger partial charge in [-0.3, -0.25) is 9.59 Å². The predicted molar refractivity (Wildman–Crippen MR) is 137 cm³/mol. The third-order valence-electron chi connectivity index (χ3n) is 5.70. The molecule has 0 saturated carbocycles. The number of hydrogen-bond donors (Lipinski definition) is 1. The molecule has 0 unspecified atom stereocenters. The van der Waals surface area contributed by atoms with Crippen LogP contribution in [0.25, 0.3) is 11.0 Å². The van der Waals surface area contributed by atoms with Crippen molar-refractivity contribution in [2.75, 3.05) is 23.4 Å². The van der Waals surface area contributed by atoms with E-state index < -0.39 is 0 Å². The summed E-state index contributed by atoms with van der Waals surface area (Å²) < 4.78 is 7.37. The minimum absolute atomic E-state index is 0.0199. The molecule has 0 bridgehead atoms. The molecule has 8 heteroatoms. The van der Waals surface area contributed by atoms with Gasteiger partial charge in [0.1, 0.15) is 0 Å². The summed E-state index contributed by atoms with van der Waals surface area (Å²) >= 11 is 0. The molecule has 0 fully saturated rings.